The van der Waals surface area contributed by atoms with Crippen molar-refractivity contribution >= 4 is 35.1 Å². The lowest BCUT2D eigenvalue weighted by Gasteiger charge is -2.33. The maximum absolute atomic E-state index is 12.2. The molecule has 1 N–H and O–H groups in total. The number of nitrogens with zero attached hydrogens (tertiary/aromatic N) is 2. The Morgan fingerprint density at radius 1 is 1.18 bits per heavy atom. The van der Waals surface area contributed by atoms with Gasteiger partial charge in [0.05, 0.1) is 10.0 Å². The molecular formula is C15H19Cl2N3O2. The summed E-state index contributed by atoms with van der Waals surface area (Å²) >= 11 is 11.8. The van der Waals surface area contributed by atoms with Crippen LogP contribution in [0.5, 0.6) is 0 Å². The van der Waals surface area contributed by atoms with Crippen LogP contribution in [0.2, 0.25) is 10.0 Å². The summed E-state index contributed by atoms with van der Waals surface area (Å²) in [7, 11) is 3.47. The summed E-state index contributed by atoms with van der Waals surface area (Å²) in [6.45, 7) is 1.28. The fourth-order valence-corrected chi connectivity index (χ4v) is 2.70. The number of carbonyl (C=O) groups excluding carboxylic acids is 2. The van der Waals surface area contributed by atoms with Gasteiger partial charge >= 0.3 is 6.03 Å². The summed E-state index contributed by atoms with van der Waals surface area (Å²) in [6, 6.07) is 4.89. The first kappa shape index (κ1) is 16.9. The Hall–Kier alpha value is -1.46. The van der Waals surface area contributed by atoms with Gasteiger partial charge in [0.25, 0.3) is 5.91 Å². The van der Waals surface area contributed by atoms with Gasteiger partial charge in [-0.1, -0.05) is 23.2 Å². The van der Waals surface area contributed by atoms with Gasteiger partial charge in [0.2, 0.25) is 0 Å². The van der Waals surface area contributed by atoms with Crippen molar-refractivity contribution in [3.63, 3.8) is 0 Å². The summed E-state index contributed by atoms with van der Waals surface area (Å²) in [6.07, 6.45) is 1.49. The van der Waals surface area contributed by atoms with E-state index in [0.717, 1.165) is 12.8 Å². The molecule has 1 fully saturated rings. The maximum atomic E-state index is 12.2. The number of nitrogens with one attached hydrogen (secondary N) is 1. The summed E-state index contributed by atoms with van der Waals surface area (Å²) < 4.78 is 0. The van der Waals surface area contributed by atoms with Crippen LogP contribution in [0.25, 0.3) is 0 Å². The molecule has 0 radical (unpaired) electrons. The number of piperidine rings is 1. The minimum atomic E-state index is -0.170. The smallest absolute Gasteiger partial charge is 0.319 e. The number of carbonyl (C=O) groups is 2. The molecule has 0 unspecified atom stereocenters. The van der Waals surface area contributed by atoms with Crippen LogP contribution >= 0.6 is 23.2 Å². The van der Waals surface area contributed by atoms with Gasteiger partial charge in [-0.2, -0.15) is 0 Å². The fraction of sp³-hybridized carbons (Fsp3) is 0.467. The van der Waals surface area contributed by atoms with Gasteiger partial charge in [-0.25, -0.2) is 4.79 Å². The van der Waals surface area contributed by atoms with Gasteiger partial charge in [0.1, 0.15) is 0 Å². The molecule has 1 aliphatic rings. The highest BCUT2D eigenvalue weighted by molar-refractivity contribution is 6.42. The number of hydrogen-bond donors (Lipinski definition) is 1. The van der Waals surface area contributed by atoms with Crippen molar-refractivity contribution in [2.75, 3.05) is 27.2 Å². The lowest BCUT2D eigenvalue weighted by molar-refractivity contribution is 0.0914. The van der Waals surface area contributed by atoms with E-state index in [1.807, 2.05) is 0 Å². The van der Waals surface area contributed by atoms with E-state index in [9.17, 15) is 9.59 Å². The van der Waals surface area contributed by atoms with E-state index < -0.39 is 0 Å². The maximum Gasteiger partial charge on any atom is 0.319 e. The summed E-state index contributed by atoms with van der Waals surface area (Å²) in [5, 5.41) is 3.76. The molecule has 0 aliphatic carbocycles. The largest absolute Gasteiger partial charge is 0.349 e. The molecule has 1 aliphatic heterocycles. The third-order valence-corrected chi connectivity index (χ3v) is 4.40. The summed E-state index contributed by atoms with van der Waals surface area (Å²) in [5.74, 6) is -0.170. The van der Waals surface area contributed by atoms with E-state index >= 15 is 0 Å². The van der Waals surface area contributed by atoms with Gasteiger partial charge in [-0.15, -0.1) is 0 Å². The lowest BCUT2D eigenvalue weighted by atomic mass is 10.0. The molecule has 0 aromatic heterocycles. The molecule has 7 heteroatoms. The van der Waals surface area contributed by atoms with Crippen LogP contribution in [0.3, 0.4) is 0 Å². The molecule has 1 aromatic carbocycles. The van der Waals surface area contributed by atoms with E-state index in [4.69, 9.17) is 23.2 Å². The van der Waals surface area contributed by atoms with Crippen LogP contribution in [-0.4, -0.2) is 55.0 Å². The second-order valence-electron chi connectivity index (χ2n) is 5.54. The molecule has 22 heavy (non-hydrogen) atoms. The average molecular weight is 344 g/mol. The minimum Gasteiger partial charge on any atom is -0.349 e. The molecule has 0 atom stereocenters. The molecular weight excluding hydrogens is 325 g/mol. The first-order valence-corrected chi connectivity index (χ1v) is 7.86. The monoisotopic (exact) mass is 343 g/mol. The number of halogens is 2. The van der Waals surface area contributed by atoms with E-state index in [1.54, 1.807) is 42.1 Å². The number of likely N-dealkylation sites (tertiary alicyclic amines) is 1. The molecule has 1 aromatic rings. The van der Waals surface area contributed by atoms with E-state index in [0.29, 0.717) is 28.7 Å². The van der Waals surface area contributed by atoms with Crippen molar-refractivity contribution in [2.45, 2.75) is 18.9 Å². The average Bonchev–Trinajstić information content (AvgIpc) is 2.50. The molecule has 0 saturated carbocycles. The topological polar surface area (TPSA) is 52.7 Å². The first-order chi connectivity index (χ1) is 10.4. The zero-order chi connectivity index (χ0) is 16.3. The van der Waals surface area contributed by atoms with Crippen molar-refractivity contribution in [3.05, 3.63) is 33.8 Å². The molecule has 1 saturated heterocycles. The number of amides is 3. The number of hydrogen-bond acceptors (Lipinski definition) is 2. The van der Waals surface area contributed by atoms with Gasteiger partial charge < -0.3 is 15.1 Å². The number of urea groups is 1. The number of benzene rings is 1. The highest BCUT2D eigenvalue weighted by atomic mass is 35.5. The van der Waals surface area contributed by atoms with Crippen LogP contribution in [0.4, 0.5) is 4.79 Å². The molecule has 0 spiro atoms. The molecule has 3 amide bonds. The van der Waals surface area contributed by atoms with Crippen molar-refractivity contribution in [3.8, 4) is 0 Å². The Balaban J connectivity index is 1.89. The highest BCUT2D eigenvalue weighted by Crippen LogP contribution is 2.22. The Kier molecular flexibility index (Phi) is 5.53. The van der Waals surface area contributed by atoms with Crippen LogP contribution in [0.15, 0.2) is 18.2 Å². The van der Waals surface area contributed by atoms with Crippen molar-refractivity contribution in [1.29, 1.82) is 0 Å². The van der Waals surface area contributed by atoms with Crippen molar-refractivity contribution < 1.29 is 9.59 Å². The summed E-state index contributed by atoms with van der Waals surface area (Å²) in [5.41, 5.74) is 0.487. The molecule has 5 nitrogen and oxygen atoms in total. The zero-order valence-corrected chi connectivity index (χ0v) is 14.1. The Labute approximate surface area is 140 Å². The van der Waals surface area contributed by atoms with E-state index in [-0.39, 0.29) is 18.0 Å². The first-order valence-electron chi connectivity index (χ1n) is 7.10. The molecule has 2 rings (SSSR count). The van der Waals surface area contributed by atoms with Crippen LogP contribution in [0, 0.1) is 0 Å². The predicted octanol–water partition coefficient (Wildman–Crippen LogP) is 2.87. The Morgan fingerprint density at radius 3 is 2.36 bits per heavy atom. The van der Waals surface area contributed by atoms with Crippen LogP contribution in [-0.2, 0) is 0 Å². The Bertz CT molecular complexity index is 570. The quantitative estimate of drug-likeness (QED) is 0.897. The van der Waals surface area contributed by atoms with Gasteiger partial charge in [0, 0.05) is 38.8 Å². The molecule has 120 valence electrons. The minimum absolute atomic E-state index is 0.00857. The SMILES string of the molecule is CN(C)C(=O)N1CCC(NC(=O)c2ccc(Cl)c(Cl)c2)CC1. The molecule has 1 heterocycles. The Morgan fingerprint density at radius 2 is 1.82 bits per heavy atom. The van der Waals surface area contributed by atoms with E-state index in [2.05, 4.69) is 5.32 Å². The normalized spacial score (nSPS) is 15.5. The third-order valence-electron chi connectivity index (χ3n) is 3.67. The predicted molar refractivity (Wildman–Crippen MR) is 87.6 cm³/mol. The fourth-order valence-electron chi connectivity index (χ4n) is 2.40. The van der Waals surface area contributed by atoms with Crippen LogP contribution < -0.4 is 5.32 Å². The van der Waals surface area contributed by atoms with Gasteiger partial charge in [0.15, 0.2) is 0 Å². The zero-order valence-electron chi connectivity index (χ0n) is 12.6. The van der Waals surface area contributed by atoms with E-state index in [1.165, 1.54) is 0 Å². The second kappa shape index (κ2) is 7.20. The van der Waals surface area contributed by atoms with Crippen molar-refractivity contribution in [2.24, 2.45) is 0 Å². The van der Waals surface area contributed by atoms with Crippen LogP contribution in [0.1, 0.15) is 23.2 Å². The van der Waals surface area contributed by atoms with Gasteiger partial charge in [-0.3, -0.25) is 4.79 Å². The van der Waals surface area contributed by atoms with Crippen molar-refractivity contribution in [1.82, 2.24) is 15.1 Å². The standard InChI is InChI=1S/C15H19Cl2N3O2/c1-19(2)15(22)20-7-5-11(6-8-20)18-14(21)10-3-4-12(16)13(17)9-10/h3-4,9,11H,5-8H2,1-2H3,(H,18,21). The molecule has 0 bridgehead atoms. The third kappa shape index (κ3) is 4.05. The second-order valence-corrected chi connectivity index (χ2v) is 6.36. The number of rotatable bonds is 2. The highest BCUT2D eigenvalue weighted by Gasteiger charge is 2.25. The van der Waals surface area contributed by atoms with Gasteiger partial charge in [-0.05, 0) is 31.0 Å². The summed E-state index contributed by atoms with van der Waals surface area (Å²) in [4.78, 5) is 27.4. The lowest BCUT2D eigenvalue weighted by Crippen LogP contribution is -2.49.